The third-order valence-corrected chi connectivity index (χ3v) is 2.93. The number of rotatable bonds is 4. The van der Waals surface area contributed by atoms with Crippen molar-refractivity contribution in [3.05, 3.63) is 52.3 Å². The highest BCUT2D eigenvalue weighted by Gasteiger charge is 2.30. The van der Waals surface area contributed by atoms with Gasteiger partial charge in [-0.3, -0.25) is 10.4 Å². The van der Waals surface area contributed by atoms with Crippen LogP contribution in [0.25, 0.3) is 0 Å². The van der Waals surface area contributed by atoms with E-state index in [0.29, 0.717) is 21.3 Å². The molecule has 0 saturated carbocycles. The molecule has 0 spiro atoms. The van der Waals surface area contributed by atoms with Crippen LogP contribution in [-0.2, 0) is 0 Å². The van der Waals surface area contributed by atoms with Gasteiger partial charge < -0.3 is 4.74 Å². The van der Waals surface area contributed by atoms with Gasteiger partial charge in [0.1, 0.15) is 5.75 Å². The molecule has 2 rings (SSSR count). The average Bonchev–Trinajstić information content (AvgIpc) is 2.42. The molecular formula is C13H8Cl2F3N3O. The lowest BCUT2D eigenvalue weighted by Crippen LogP contribution is -2.17. The van der Waals surface area contributed by atoms with E-state index in [-0.39, 0.29) is 5.75 Å². The Labute approximate surface area is 133 Å². The fourth-order valence-electron chi connectivity index (χ4n) is 1.45. The first-order chi connectivity index (χ1) is 10.3. The summed E-state index contributed by atoms with van der Waals surface area (Å²) in [5.74, 6) is -0.308. The van der Waals surface area contributed by atoms with Gasteiger partial charge in [-0.05, 0) is 29.8 Å². The number of hydrazone groups is 1. The van der Waals surface area contributed by atoms with E-state index in [1.165, 1.54) is 42.9 Å². The van der Waals surface area contributed by atoms with Crippen LogP contribution in [0.3, 0.4) is 0 Å². The smallest absolute Gasteiger partial charge is 0.406 e. The van der Waals surface area contributed by atoms with Crippen molar-refractivity contribution < 1.29 is 17.9 Å². The molecule has 0 aliphatic heterocycles. The van der Waals surface area contributed by atoms with E-state index in [9.17, 15) is 13.2 Å². The van der Waals surface area contributed by atoms with Gasteiger partial charge in [-0.1, -0.05) is 23.2 Å². The van der Waals surface area contributed by atoms with E-state index in [1.54, 1.807) is 0 Å². The van der Waals surface area contributed by atoms with Gasteiger partial charge in [-0.15, -0.1) is 13.2 Å². The second-order valence-corrected chi connectivity index (χ2v) is 4.78. The van der Waals surface area contributed by atoms with Gasteiger partial charge in [0.2, 0.25) is 0 Å². The minimum atomic E-state index is -4.72. The molecule has 0 fully saturated rings. The molecule has 1 N–H and O–H groups in total. The molecule has 116 valence electrons. The van der Waals surface area contributed by atoms with Crippen molar-refractivity contribution in [3.8, 4) is 5.75 Å². The fourth-order valence-corrected chi connectivity index (χ4v) is 1.89. The SMILES string of the molecule is FC(F)(F)Oc1ccc(/C=N\Nc2c(Cl)cncc2Cl)cc1. The molecule has 0 unspecified atom stereocenters. The monoisotopic (exact) mass is 349 g/mol. The highest BCUT2D eigenvalue weighted by Crippen LogP contribution is 2.28. The molecule has 0 aliphatic rings. The summed E-state index contributed by atoms with van der Waals surface area (Å²) in [5, 5.41) is 4.48. The number of nitrogens with one attached hydrogen (secondary N) is 1. The van der Waals surface area contributed by atoms with Crippen molar-refractivity contribution >= 4 is 35.1 Å². The number of halogens is 5. The highest BCUT2D eigenvalue weighted by atomic mass is 35.5. The van der Waals surface area contributed by atoms with Gasteiger partial charge in [0.05, 0.1) is 21.9 Å². The molecule has 22 heavy (non-hydrogen) atoms. The van der Waals surface area contributed by atoms with Crippen molar-refractivity contribution in [1.29, 1.82) is 0 Å². The van der Waals surface area contributed by atoms with E-state index >= 15 is 0 Å². The maximum atomic E-state index is 12.0. The molecule has 1 aromatic carbocycles. The van der Waals surface area contributed by atoms with Crippen LogP contribution in [0.4, 0.5) is 18.9 Å². The number of anilines is 1. The van der Waals surface area contributed by atoms with Crippen molar-refractivity contribution in [2.24, 2.45) is 5.10 Å². The third-order valence-electron chi connectivity index (χ3n) is 2.36. The minimum absolute atomic E-state index is 0.290. The standard InChI is InChI=1S/C13H8Cl2F3N3O/c14-10-6-19-7-11(15)12(10)21-20-5-8-1-3-9(4-2-8)22-13(16,17)18/h1-7H,(H,19,21)/b20-5-. The summed E-state index contributed by atoms with van der Waals surface area (Å²) < 4.78 is 39.8. The minimum Gasteiger partial charge on any atom is -0.406 e. The Kier molecular flexibility index (Phi) is 5.10. The van der Waals surface area contributed by atoms with Gasteiger partial charge in [-0.25, -0.2) is 0 Å². The lowest BCUT2D eigenvalue weighted by molar-refractivity contribution is -0.274. The van der Waals surface area contributed by atoms with Gasteiger partial charge >= 0.3 is 6.36 Å². The Hall–Kier alpha value is -1.99. The Morgan fingerprint density at radius 3 is 2.23 bits per heavy atom. The second kappa shape index (κ2) is 6.85. The Morgan fingerprint density at radius 1 is 1.09 bits per heavy atom. The predicted molar refractivity (Wildman–Crippen MR) is 78.6 cm³/mol. The number of nitrogens with zero attached hydrogens (tertiary/aromatic N) is 2. The molecule has 0 saturated heterocycles. The molecular weight excluding hydrogens is 342 g/mol. The Balaban J connectivity index is 2.02. The predicted octanol–water partition coefficient (Wildman–Crippen LogP) is 4.73. The van der Waals surface area contributed by atoms with Crippen LogP contribution in [0.1, 0.15) is 5.56 Å². The molecule has 0 amide bonds. The summed E-state index contributed by atoms with van der Waals surface area (Å²) in [5.41, 5.74) is 3.58. The Morgan fingerprint density at radius 2 is 1.68 bits per heavy atom. The summed E-state index contributed by atoms with van der Waals surface area (Å²) in [6.07, 6.45) is -0.528. The van der Waals surface area contributed by atoms with Gasteiger partial charge in [0.15, 0.2) is 0 Å². The number of alkyl halides is 3. The zero-order valence-corrected chi connectivity index (χ0v) is 12.2. The van der Waals surface area contributed by atoms with Gasteiger partial charge in [0, 0.05) is 12.4 Å². The topological polar surface area (TPSA) is 46.5 Å². The van der Waals surface area contributed by atoms with Crippen LogP contribution in [-0.4, -0.2) is 17.6 Å². The number of ether oxygens (including phenoxy) is 1. The maximum absolute atomic E-state index is 12.0. The van der Waals surface area contributed by atoms with Crippen LogP contribution >= 0.6 is 23.2 Å². The van der Waals surface area contributed by atoms with Crippen LogP contribution in [0.5, 0.6) is 5.75 Å². The van der Waals surface area contributed by atoms with Crippen molar-refractivity contribution in [1.82, 2.24) is 4.98 Å². The highest BCUT2D eigenvalue weighted by molar-refractivity contribution is 6.38. The maximum Gasteiger partial charge on any atom is 0.573 e. The first kappa shape index (κ1) is 16.4. The number of pyridine rings is 1. The molecule has 2 aromatic rings. The second-order valence-electron chi connectivity index (χ2n) is 3.96. The summed E-state index contributed by atoms with van der Waals surface area (Å²) >= 11 is 11.8. The first-order valence-electron chi connectivity index (χ1n) is 5.79. The fraction of sp³-hybridized carbons (Fsp3) is 0.0769. The van der Waals surface area contributed by atoms with Crippen LogP contribution in [0.2, 0.25) is 10.0 Å². The van der Waals surface area contributed by atoms with Crippen molar-refractivity contribution in [2.75, 3.05) is 5.43 Å². The quantitative estimate of drug-likeness (QED) is 0.640. The largest absolute Gasteiger partial charge is 0.573 e. The van der Waals surface area contributed by atoms with Crippen LogP contribution < -0.4 is 10.2 Å². The molecule has 0 atom stereocenters. The van der Waals surface area contributed by atoms with Gasteiger partial charge in [-0.2, -0.15) is 5.10 Å². The number of hydrogen-bond donors (Lipinski definition) is 1. The molecule has 0 radical (unpaired) electrons. The van der Waals surface area contributed by atoms with Gasteiger partial charge in [0.25, 0.3) is 0 Å². The molecule has 1 aromatic heterocycles. The molecule has 4 nitrogen and oxygen atoms in total. The van der Waals surface area contributed by atoms with Crippen molar-refractivity contribution in [3.63, 3.8) is 0 Å². The summed E-state index contributed by atoms with van der Waals surface area (Å²) in [7, 11) is 0. The van der Waals surface area contributed by atoms with E-state index < -0.39 is 6.36 Å². The van der Waals surface area contributed by atoms with Crippen LogP contribution in [0, 0.1) is 0 Å². The summed E-state index contributed by atoms with van der Waals surface area (Å²) in [6, 6.07) is 5.20. The molecule has 1 heterocycles. The summed E-state index contributed by atoms with van der Waals surface area (Å²) in [6.45, 7) is 0. The number of aromatic nitrogens is 1. The normalized spacial score (nSPS) is 11.7. The van der Waals surface area contributed by atoms with Crippen LogP contribution in [0.15, 0.2) is 41.8 Å². The zero-order chi connectivity index (χ0) is 16.2. The lowest BCUT2D eigenvalue weighted by atomic mass is 10.2. The van der Waals surface area contributed by atoms with Crippen molar-refractivity contribution in [2.45, 2.75) is 6.36 Å². The molecule has 0 bridgehead atoms. The van der Waals surface area contributed by atoms with E-state index in [0.717, 1.165) is 0 Å². The number of hydrogen-bond acceptors (Lipinski definition) is 4. The van der Waals surface area contributed by atoms with E-state index in [4.69, 9.17) is 23.2 Å². The zero-order valence-electron chi connectivity index (χ0n) is 10.7. The average molecular weight is 350 g/mol. The van der Waals surface area contributed by atoms with E-state index in [2.05, 4.69) is 20.2 Å². The Bertz CT molecular complexity index is 655. The number of benzene rings is 1. The summed E-state index contributed by atoms with van der Waals surface area (Å²) in [4.78, 5) is 3.79. The first-order valence-corrected chi connectivity index (χ1v) is 6.54. The third kappa shape index (κ3) is 4.78. The lowest BCUT2D eigenvalue weighted by Gasteiger charge is -2.08. The molecule has 9 heteroatoms. The van der Waals surface area contributed by atoms with E-state index in [1.807, 2.05) is 0 Å². The molecule has 0 aliphatic carbocycles.